The summed E-state index contributed by atoms with van der Waals surface area (Å²) in [4.78, 5) is 0. The molecule has 96 valence electrons. The number of nitriles is 1. The Morgan fingerprint density at radius 2 is 1.60 bits per heavy atom. The average Bonchev–Trinajstić information content (AvgIpc) is 2.53. The van der Waals surface area contributed by atoms with Gasteiger partial charge in [0.15, 0.2) is 0 Å². The summed E-state index contributed by atoms with van der Waals surface area (Å²) < 4.78 is 5.90. The van der Waals surface area contributed by atoms with Crippen LogP contribution in [0.5, 0.6) is 5.75 Å². The Morgan fingerprint density at radius 1 is 0.850 bits per heavy atom. The van der Waals surface area contributed by atoms with E-state index < -0.39 is 0 Å². The van der Waals surface area contributed by atoms with Gasteiger partial charge < -0.3 is 4.74 Å². The maximum atomic E-state index is 8.77. The molecule has 0 N–H and O–H groups in total. The van der Waals surface area contributed by atoms with Crippen LogP contribution in [0.4, 0.5) is 0 Å². The Labute approximate surface area is 117 Å². The topological polar surface area (TPSA) is 33.0 Å². The number of nitrogens with zero attached hydrogens (tertiary/aromatic N) is 1. The zero-order valence-electron chi connectivity index (χ0n) is 10.9. The Bertz CT molecular complexity index is 764. The maximum Gasteiger partial charge on any atom is 0.127 e. The van der Waals surface area contributed by atoms with E-state index in [0.29, 0.717) is 12.2 Å². The summed E-state index contributed by atoms with van der Waals surface area (Å²) in [5.41, 5.74) is 1.72. The lowest BCUT2D eigenvalue weighted by Crippen LogP contribution is -1.96. The predicted molar refractivity (Wildman–Crippen MR) is 79.4 cm³/mol. The minimum Gasteiger partial charge on any atom is -0.488 e. The third kappa shape index (κ3) is 2.48. The van der Waals surface area contributed by atoms with Crippen molar-refractivity contribution in [1.82, 2.24) is 0 Å². The molecule has 0 aromatic heterocycles. The van der Waals surface area contributed by atoms with Gasteiger partial charge in [-0.1, -0.05) is 48.5 Å². The molecule has 20 heavy (non-hydrogen) atoms. The van der Waals surface area contributed by atoms with Crippen molar-refractivity contribution in [3.05, 3.63) is 77.9 Å². The van der Waals surface area contributed by atoms with Gasteiger partial charge in [0.05, 0.1) is 11.6 Å². The molecule has 2 heteroatoms. The number of fused-ring (bicyclic) bond motifs is 1. The Hall–Kier alpha value is -2.79. The molecule has 0 heterocycles. The van der Waals surface area contributed by atoms with E-state index in [1.54, 1.807) is 0 Å². The molecule has 0 atom stereocenters. The van der Waals surface area contributed by atoms with Crippen molar-refractivity contribution in [2.75, 3.05) is 0 Å². The smallest absolute Gasteiger partial charge is 0.127 e. The van der Waals surface area contributed by atoms with Crippen LogP contribution in [0.3, 0.4) is 0 Å². The summed E-state index contributed by atoms with van der Waals surface area (Å²) in [6, 6.07) is 23.8. The average molecular weight is 259 g/mol. The molecule has 0 saturated heterocycles. The van der Waals surface area contributed by atoms with Gasteiger partial charge in [-0.15, -0.1) is 0 Å². The number of hydrogen-bond acceptors (Lipinski definition) is 2. The molecule has 0 radical (unpaired) electrons. The molecule has 0 amide bonds. The fourth-order valence-corrected chi connectivity index (χ4v) is 2.16. The van der Waals surface area contributed by atoms with Crippen molar-refractivity contribution in [3.63, 3.8) is 0 Å². The Morgan fingerprint density at radius 3 is 2.40 bits per heavy atom. The molecular formula is C18H13NO. The largest absolute Gasteiger partial charge is 0.488 e. The van der Waals surface area contributed by atoms with E-state index in [4.69, 9.17) is 10.00 Å². The summed E-state index contributed by atoms with van der Waals surface area (Å²) in [6.45, 7) is 0.500. The lowest BCUT2D eigenvalue weighted by molar-refractivity contribution is 0.310. The van der Waals surface area contributed by atoms with Gasteiger partial charge >= 0.3 is 0 Å². The van der Waals surface area contributed by atoms with E-state index in [9.17, 15) is 0 Å². The van der Waals surface area contributed by atoms with Gasteiger partial charge in [-0.05, 0) is 29.1 Å². The normalized spacial score (nSPS) is 10.2. The van der Waals surface area contributed by atoms with Gasteiger partial charge in [0.1, 0.15) is 12.4 Å². The minimum atomic E-state index is 0.500. The van der Waals surface area contributed by atoms with Crippen molar-refractivity contribution in [2.24, 2.45) is 0 Å². The highest BCUT2D eigenvalue weighted by atomic mass is 16.5. The van der Waals surface area contributed by atoms with Crippen LogP contribution in [0.1, 0.15) is 11.1 Å². The van der Waals surface area contributed by atoms with E-state index >= 15 is 0 Å². The van der Waals surface area contributed by atoms with E-state index in [1.807, 2.05) is 48.5 Å². The molecule has 0 aliphatic heterocycles. The van der Waals surface area contributed by atoms with Gasteiger partial charge in [-0.25, -0.2) is 0 Å². The van der Waals surface area contributed by atoms with E-state index in [-0.39, 0.29) is 0 Å². The molecule has 0 aliphatic carbocycles. The molecule has 3 rings (SSSR count). The van der Waals surface area contributed by atoms with Crippen molar-refractivity contribution in [3.8, 4) is 11.8 Å². The van der Waals surface area contributed by atoms with Crippen LogP contribution in [-0.2, 0) is 6.61 Å². The first kappa shape index (κ1) is 12.3. The third-order valence-corrected chi connectivity index (χ3v) is 3.23. The Kier molecular flexibility index (Phi) is 3.34. The van der Waals surface area contributed by atoms with E-state index in [0.717, 1.165) is 16.7 Å². The molecule has 3 aromatic rings. The standard InChI is InChI=1S/C18H13NO/c19-12-14-8-10-15(11-9-14)13-20-18-7-3-5-16-4-1-2-6-17(16)18/h1-11H,13H2. The van der Waals surface area contributed by atoms with Crippen molar-refractivity contribution >= 4 is 10.8 Å². The van der Waals surface area contributed by atoms with Crippen LogP contribution in [0.25, 0.3) is 10.8 Å². The third-order valence-electron chi connectivity index (χ3n) is 3.23. The monoisotopic (exact) mass is 259 g/mol. The predicted octanol–water partition coefficient (Wildman–Crippen LogP) is 4.29. The highest BCUT2D eigenvalue weighted by Gasteiger charge is 2.01. The van der Waals surface area contributed by atoms with Crippen molar-refractivity contribution in [2.45, 2.75) is 6.61 Å². The summed E-state index contributed by atoms with van der Waals surface area (Å²) in [6.07, 6.45) is 0. The first-order valence-corrected chi connectivity index (χ1v) is 6.46. The first-order chi connectivity index (χ1) is 9.86. The molecule has 0 saturated carbocycles. The molecule has 0 aliphatic rings. The first-order valence-electron chi connectivity index (χ1n) is 6.46. The van der Waals surface area contributed by atoms with Crippen molar-refractivity contribution < 1.29 is 4.74 Å². The van der Waals surface area contributed by atoms with Crippen molar-refractivity contribution in [1.29, 1.82) is 5.26 Å². The van der Waals surface area contributed by atoms with E-state index in [1.165, 1.54) is 5.39 Å². The quantitative estimate of drug-likeness (QED) is 0.703. The number of benzene rings is 3. The lowest BCUT2D eigenvalue weighted by atomic mass is 10.1. The second-order valence-corrected chi connectivity index (χ2v) is 4.57. The second kappa shape index (κ2) is 5.46. The summed E-state index contributed by atoms with van der Waals surface area (Å²) in [5.74, 6) is 0.882. The summed E-state index contributed by atoms with van der Waals surface area (Å²) in [5, 5.41) is 11.1. The van der Waals surface area contributed by atoms with Gasteiger partial charge in [0, 0.05) is 5.39 Å². The van der Waals surface area contributed by atoms with Gasteiger partial charge in [0.25, 0.3) is 0 Å². The van der Waals surface area contributed by atoms with Crippen LogP contribution in [0, 0.1) is 11.3 Å². The molecule has 0 unspecified atom stereocenters. The van der Waals surface area contributed by atoms with Crippen LogP contribution in [-0.4, -0.2) is 0 Å². The highest BCUT2D eigenvalue weighted by Crippen LogP contribution is 2.25. The van der Waals surface area contributed by atoms with Gasteiger partial charge in [0.2, 0.25) is 0 Å². The second-order valence-electron chi connectivity index (χ2n) is 4.57. The zero-order valence-corrected chi connectivity index (χ0v) is 10.9. The summed E-state index contributed by atoms with van der Waals surface area (Å²) >= 11 is 0. The fraction of sp³-hybridized carbons (Fsp3) is 0.0556. The highest BCUT2D eigenvalue weighted by molar-refractivity contribution is 5.88. The molecular weight excluding hydrogens is 246 g/mol. The van der Waals surface area contributed by atoms with E-state index in [2.05, 4.69) is 24.3 Å². The number of rotatable bonds is 3. The Balaban J connectivity index is 1.81. The van der Waals surface area contributed by atoms with Gasteiger partial charge in [-0.3, -0.25) is 0 Å². The van der Waals surface area contributed by atoms with Crippen LogP contribution in [0.2, 0.25) is 0 Å². The molecule has 2 nitrogen and oxygen atoms in total. The maximum absolute atomic E-state index is 8.77. The molecule has 0 fully saturated rings. The lowest BCUT2D eigenvalue weighted by Gasteiger charge is -2.09. The summed E-state index contributed by atoms with van der Waals surface area (Å²) in [7, 11) is 0. The number of hydrogen-bond donors (Lipinski definition) is 0. The number of ether oxygens (including phenoxy) is 1. The molecule has 0 bridgehead atoms. The molecule has 0 spiro atoms. The fourth-order valence-electron chi connectivity index (χ4n) is 2.16. The zero-order chi connectivity index (χ0) is 13.8. The van der Waals surface area contributed by atoms with Crippen LogP contribution in [0.15, 0.2) is 66.7 Å². The van der Waals surface area contributed by atoms with Gasteiger partial charge in [-0.2, -0.15) is 5.26 Å². The minimum absolute atomic E-state index is 0.500. The van der Waals surface area contributed by atoms with Crippen LogP contribution < -0.4 is 4.74 Å². The SMILES string of the molecule is N#Cc1ccc(COc2cccc3ccccc23)cc1. The molecule has 3 aromatic carbocycles. The van der Waals surface area contributed by atoms with Crippen LogP contribution >= 0.6 is 0 Å².